The lowest BCUT2D eigenvalue weighted by atomic mass is 10.1. The lowest BCUT2D eigenvalue weighted by Crippen LogP contribution is -2.08. The molecule has 0 aliphatic carbocycles. The molecule has 2 aromatic carbocycles. The van der Waals surface area contributed by atoms with Gasteiger partial charge in [0.25, 0.3) is 0 Å². The zero-order chi connectivity index (χ0) is 15.0. The van der Waals surface area contributed by atoms with Gasteiger partial charge >= 0.3 is 0 Å². The van der Waals surface area contributed by atoms with Gasteiger partial charge in [-0.2, -0.15) is 0 Å². The van der Waals surface area contributed by atoms with Gasteiger partial charge in [-0.3, -0.25) is 0 Å². The minimum Gasteiger partial charge on any atom is -0.507 e. The van der Waals surface area contributed by atoms with Crippen molar-refractivity contribution >= 4 is 38.8 Å². The Bertz CT molecular complexity index is 783. The normalized spacial score (nSPS) is 12.5. The van der Waals surface area contributed by atoms with Crippen molar-refractivity contribution in [2.75, 3.05) is 5.32 Å². The Morgan fingerprint density at radius 3 is 2.62 bits per heavy atom. The number of hydrogen-bond donors (Lipinski definition) is 3. The number of hydrogen-bond acceptors (Lipinski definition) is 5. The molecular formula is C15H13ClN2O2S. The maximum atomic E-state index is 9.94. The smallest absolute Gasteiger partial charge is 0.124 e. The van der Waals surface area contributed by atoms with Crippen LogP contribution in [0, 0.1) is 0 Å². The fourth-order valence-corrected chi connectivity index (χ4v) is 3.21. The summed E-state index contributed by atoms with van der Waals surface area (Å²) in [6, 6.07) is 8.08. The number of rotatable bonds is 3. The molecule has 3 N–H and O–H groups in total. The summed E-state index contributed by atoms with van der Waals surface area (Å²) in [5.41, 5.74) is 3.68. The SMILES string of the molecule is CC(Nc1c(Cl)ccc2scnc12)c1c(O)cccc1O. The molecule has 0 radical (unpaired) electrons. The van der Waals surface area contributed by atoms with E-state index < -0.39 is 0 Å². The Morgan fingerprint density at radius 2 is 1.90 bits per heavy atom. The summed E-state index contributed by atoms with van der Waals surface area (Å²) < 4.78 is 1.02. The molecule has 21 heavy (non-hydrogen) atoms. The Hall–Kier alpha value is -1.98. The summed E-state index contributed by atoms with van der Waals surface area (Å²) in [4.78, 5) is 4.32. The van der Waals surface area contributed by atoms with Crippen molar-refractivity contribution in [2.24, 2.45) is 0 Å². The number of aromatic hydroxyl groups is 2. The van der Waals surface area contributed by atoms with Crippen LogP contribution in [-0.4, -0.2) is 15.2 Å². The number of nitrogens with zero attached hydrogens (tertiary/aromatic N) is 1. The summed E-state index contributed by atoms with van der Waals surface area (Å²) in [6.45, 7) is 1.84. The first kappa shape index (κ1) is 14.0. The molecule has 1 atom stereocenters. The van der Waals surface area contributed by atoms with E-state index in [0.29, 0.717) is 16.3 Å². The van der Waals surface area contributed by atoms with Crippen LogP contribution in [0.25, 0.3) is 10.2 Å². The van der Waals surface area contributed by atoms with Crippen molar-refractivity contribution in [3.8, 4) is 11.5 Å². The molecule has 1 heterocycles. The number of phenolic OH excluding ortho intramolecular Hbond substituents is 2. The minimum atomic E-state index is -0.323. The maximum Gasteiger partial charge on any atom is 0.124 e. The fraction of sp³-hybridized carbons (Fsp3) is 0.133. The topological polar surface area (TPSA) is 65.4 Å². The standard InChI is InChI=1S/C15H13ClN2O2S/c1-8(13-10(19)3-2-4-11(13)20)18-14-9(16)5-6-12-15(14)17-7-21-12/h2-8,18-20H,1H3. The van der Waals surface area contributed by atoms with Gasteiger partial charge in [0.2, 0.25) is 0 Å². The summed E-state index contributed by atoms with van der Waals surface area (Å²) in [6.07, 6.45) is 0. The Balaban J connectivity index is 2.02. The first-order valence-electron chi connectivity index (χ1n) is 6.37. The van der Waals surface area contributed by atoms with Crippen LogP contribution in [0.5, 0.6) is 11.5 Å². The van der Waals surface area contributed by atoms with E-state index in [0.717, 1.165) is 10.2 Å². The van der Waals surface area contributed by atoms with Gasteiger partial charge in [-0.1, -0.05) is 17.7 Å². The quantitative estimate of drug-likeness (QED) is 0.663. The number of halogens is 1. The molecule has 1 aromatic heterocycles. The van der Waals surface area contributed by atoms with Crippen LogP contribution in [0.3, 0.4) is 0 Å². The Labute approximate surface area is 130 Å². The van der Waals surface area contributed by atoms with Crippen LogP contribution < -0.4 is 5.32 Å². The van der Waals surface area contributed by atoms with Crippen LogP contribution in [-0.2, 0) is 0 Å². The van der Waals surface area contributed by atoms with Gasteiger partial charge in [-0.05, 0) is 31.2 Å². The van der Waals surface area contributed by atoms with Crippen LogP contribution in [0.4, 0.5) is 5.69 Å². The first-order chi connectivity index (χ1) is 10.1. The number of thiazole rings is 1. The average Bonchev–Trinajstić information content (AvgIpc) is 2.90. The highest BCUT2D eigenvalue weighted by Gasteiger charge is 2.18. The number of anilines is 1. The highest BCUT2D eigenvalue weighted by molar-refractivity contribution is 7.16. The van der Waals surface area contributed by atoms with E-state index in [4.69, 9.17) is 11.6 Å². The third-order valence-electron chi connectivity index (χ3n) is 3.31. The summed E-state index contributed by atoms with van der Waals surface area (Å²) in [5, 5.41) is 23.7. The zero-order valence-corrected chi connectivity index (χ0v) is 12.7. The van der Waals surface area contributed by atoms with E-state index in [2.05, 4.69) is 10.3 Å². The second-order valence-electron chi connectivity index (χ2n) is 4.70. The summed E-state index contributed by atoms with van der Waals surface area (Å²) in [7, 11) is 0. The van der Waals surface area contributed by atoms with Crippen LogP contribution in [0.15, 0.2) is 35.8 Å². The zero-order valence-electron chi connectivity index (χ0n) is 11.2. The van der Waals surface area contributed by atoms with E-state index >= 15 is 0 Å². The Kier molecular flexibility index (Phi) is 3.61. The van der Waals surface area contributed by atoms with Gasteiger partial charge in [-0.25, -0.2) is 4.98 Å². The second-order valence-corrected chi connectivity index (χ2v) is 5.99. The first-order valence-corrected chi connectivity index (χ1v) is 7.62. The van der Waals surface area contributed by atoms with E-state index in [1.54, 1.807) is 11.6 Å². The number of phenols is 2. The summed E-state index contributed by atoms with van der Waals surface area (Å²) in [5.74, 6) is 0.0770. The van der Waals surface area contributed by atoms with Crippen molar-refractivity contribution in [3.05, 3.63) is 46.4 Å². The van der Waals surface area contributed by atoms with Crippen molar-refractivity contribution < 1.29 is 10.2 Å². The van der Waals surface area contributed by atoms with Crippen molar-refractivity contribution in [1.82, 2.24) is 4.98 Å². The minimum absolute atomic E-state index is 0.0385. The molecule has 0 saturated carbocycles. The molecule has 3 rings (SSSR count). The van der Waals surface area contributed by atoms with E-state index in [1.807, 2.05) is 19.1 Å². The molecule has 4 nitrogen and oxygen atoms in total. The van der Waals surface area contributed by atoms with Gasteiger partial charge in [-0.15, -0.1) is 11.3 Å². The third-order valence-corrected chi connectivity index (χ3v) is 4.41. The third kappa shape index (κ3) is 2.50. The van der Waals surface area contributed by atoms with E-state index in [1.165, 1.54) is 23.5 Å². The molecule has 108 valence electrons. The van der Waals surface area contributed by atoms with Crippen molar-refractivity contribution in [1.29, 1.82) is 0 Å². The number of aromatic nitrogens is 1. The Morgan fingerprint density at radius 1 is 1.19 bits per heavy atom. The van der Waals surface area contributed by atoms with Crippen molar-refractivity contribution in [3.63, 3.8) is 0 Å². The van der Waals surface area contributed by atoms with E-state index in [9.17, 15) is 10.2 Å². The number of nitrogens with one attached hydrogen (secondary N) is 1. The van der Waals surface area contributed by atoms with Gasteiger partial charge in [0.1, 0.15) is 17.0 Å². The van der Waals surface area contributed by atoms with Gasteiger partial charge in [0, 0.05) is 0 Å². The molecule has 6 heteroatoms. The highest BCUT2D eigenvalue weighted by Crippen LogP contribution is 2.38. The van der Waals surface area contributed by atoms with Gasteiger partial charge in [0.15, 0.2) is 0 Å². The predicted molar refractivity (Wildman–Crippen MR) is 86.4 cm³/mol. The molecule has 3 aromatic rings. The average molecular weight is 321 g/mol. The molecule has 0 fully saturated rings. The molecule has 0 aliphatic rings. The van der Waals surface area contributed by atoms with Crippen LogP contribution >= 0.6 is 22.9 Å². The second kappa shape index (κ2) is 5.42. The predicted octanol–water partition coefficient (Wildman–Crippen LogP) is 4.53. The molecule has 0 amide bonds. The summed E-state index contributed by atoms with van der Waals surface area (Å²) >= 11 is 7.78. The molecular weight excluding hydrogens is 308 g/mol. The van der Waals surface area contributed by atoms with Gasteiger partial charge < -0.3 is 15.5 Å². The molecule has 0 aliphatic heterocycles. The molecule has 0 bridgehead atoms. The van der Waals surface area contributed by atoms with E-state index in [-0.39, 0.29) is 17.5 Å². The molecule has 0 saturated heterocycles. The lowest BCUT2D eigenvalue weighted by molar-refractivity contribution is 0.434. The molecule has 0 spiro atoms. The van der Waals surface area contributed by atoms with Gasteiger partial charge in [0.05, 0.1) is 32.5 Å². The maximum absolute atomic E-state index is 9.94. The lowest BCUT2D eigenvalue weighted by Gasteiger charge is -2.19. The largest absolute Gasteiger partial charge is 0.507 e. The van der Waals surface area contributed by atoms with Crippen LogP contribution in [0.1, 0.15) is 18.5 Å². The molecule has 1 unspecified atom stereocenters. The van der Waals surface area contributed by atoms with Crippen molar-refractivity contribution in [2.45, 2.75) is 13.0 Å². The van der Waals surface area contributed by atoms with Crippen LogP contribution in [0.2, 0.25) is 5.02 Å². The highest BCUT2D eigenvalue weighted by atomic mass is 35.5. The number of benzene rings is 2. The monoisotopic (exact) mass is 320 g/mol. The number of fused-ring (bicyclic) bond motifs is 1. The fourth-order valence-electron chi connectivity index (χ4n) is 2.32.